The number of amides is 1. The molecule has 106 valence electrons. The SMILES string of the molecule is COCCN(CCOC)C(=O)C1CCCCC1N. The van der Waals surface area contributed by atoms with Crippen molar-refractivity contribution in [2.24, 2.45) is 11.7 Å². The molecule has 1 rings (SSSR count). The Morgan fingerprint density at radius 1 is 1.17 bits per heavy atom. The molecule has 0 heterocycles. The zero-order chi connectivity index (χ0) is 13.4. The van der Waals surface area contributed by atoms with Crippen LogP contribution < -0.4 is 5.73 Å². The molecular formula is C13H26N2O3. The highest BCUT2D eigenvalue weighted by atomic mass is 16.5. The van der Waals surface area contributed by atoms with Crippen LogP contribution in [-0.4, -0.2) is 57.4 Å². The monoisotopic (exact) mass is 258 g/mol. The first-order valence-electron chi connectivity index (χ1n) is 6.73. The number of hydrogen-bond acceptors (Lipinski definition) is 4. The van der Waals surface area contributed by atoms with Crippen molar-refractivity contribution in [3.63, 3.8) is 0 Å². The first kappa shape index (κ1) is 15.4. The highest BCUT2D eigenvalue weighted by molar-refractivity contribution is 5.79. The fourth-order valence-electron chi connectivity index (χ4n) is 2.44. The van der Waals surface area contributed by atoms with Gasteiger partial charge in [-0.3, -0.25) is 4.79 Å². The average molecular weight is 258 g/mol. The Labute approximate surface area is 110 Å². The normalized spacial score (nSPS) is 23.9. The molecule has 18 heavy (non-hydrogen) atoms. The maximum absolute atomic E-state index is 12.5. The molecular weight excluding hydrogens is 232 g/mol. The summed E-state index contributed by atoms with van der Waals surface area (Å²) in [6, 6.07) is 0.0128. The second-order valence-corrected chi connectivity index (χ2v) is 4.87. The molecule has 0 saturated heterocycles. The lowest BCUT2D eigenvalue weighted by Crippen LogP contribution is -2.47. The molecule has 0 aliphatic heterocycles. The number of nitrogens with zero attached hydrogens (tertiary/aromatic N) is 1. The predicted molar refractivity (Wildman–Crippen MR) is 70.3 cm³/mol. The van der Waals surface area contributed by atoms with Gasteiger partial charge in [-0.05, 0) is 12.8 Å². The second kappa shape index (κ2) is 8.45. The van der Waals surface area contributed by atoms with E-state index in [0.29, 0.717) is 26.3 Å². The zero-order valence-corrected chi connectivity index (χ0v) is 11.6. The Morgan fingerprint density at radius 2 is 1.72 bits per heavy atom. The third-order valence-electron chi connectivity index (χ3n) is 3.58. The van der Waals surface area contributed by atoms with E-state index in [1.165, 1.54) is 0 Å². The van der Waals surface area contributed by atoms with Crippen molar-refractivity contribution < 1.29 is 14.3 Å². The van der Waals surface area contributed by atoms with Crippen LogP contribution in [0.5, 0.6) is 0 Å². The number of nitrogens with two attached hydrogens (primary N) is 1. The van der Waals surface area contributed by atoms with Gasteiger partial charge in [0.1, 0.15) is 0 Å². The van der Waals surface area contributed by atoms with E-state index in [2.05, 4.69) is 0 Å². The van der Waals surface area contributed by atoms with Crippen LogP contribution in [0.4, 0.5) is 0 Å². The van der Waals surface area contributed by atoms with Crippen LogP contribution in [0.1, 0.15) is 25.7 Å². The number of carbonyl (C=O) groups is 1. The Balaban J connectivity index is 2.55. The molecule has 2 N–H and O–H groups in total. The number of rotatable bonds is 7. The van der Waals surface area contributed by atoms with Crippen molar-refractivity contribution in [3.8, 4) is 0 Å². The average Bonchev–Trinajstić information content (AvgIpc) is 2.39. The Hall–Kier alpha value is -0.650. The molecule has 5 nitrogen and oxygen atoms in total. The lowest BCUT2D eigenvalue weighted by atomic mass is 9.84. The van der Waals surface area contributed by atoms with Crippen molar-refractivity contribution in [3.05, 3.63) is 0 Å². The summed E-state index contributed by atoms with van der Waals surface area (Å²) in [4.78, 5) is 14.3. The van der Waals surface area contributed by atoms with Crippen LogP contribution in [0.15, 0.2) is 0 Å². The smallest absolute Gasteiger partial charge is 0.227 e. The van der Waals surface area contributed by atoms with Gasteiger partial charge in [0, 0.05) is 33.4 Å². The van der Waals surface area contributed by atoms with Crippen LogP contribution in [-0.2, 0) is 14.3 Å². The molecule has 0 aromatic carbocycles. The molecule has 5 heteroatoms. The summed E-state index contributed by atoms with van der Waals surface area (Å²) in [5.74, 6) is 0.142. The van der Waals surface area contributed by atoms with Crippen molar-refractivity contribution in [2.75, 3.05) is 40.5 Å². The first-order chi connectivity index (χ1) is 8.70. The zero-order valence-electron chi connectivity index (χ0n) is 11.6. The molecule has 0 aromatic heterocycles. The standard InChI is InChI=1S/C13H26N2O3/c1-17-9-7-15(8-10-18-2)13(16)11-5-3-4-6-12(11)14/h11-12H,3-10,14H2,1-2H3. The van der Waals surface area contributed by atoms with E-state index in [0.717, 1.165) is 25.7 Å². The van der Waals surface area contributed by atoms with E-state index < -0.39 is 0 Å². The van der Waals surface area contributed by atoms with Crippen molar-refractivity contribution in [1.82, 2.24) is 4.90 Å². The molecule has 0 bridgehead atoms. The summed E-state index contributed by atoms with van der Waals surface area (Å²) >= 11 is 0. The second-order valence-electron chi connectivity index (χ2n) is 4.87. The summed E-state index contributed by atoms with van der Waals surface area (Å²) in [6.07, 6.45) is 4.11. The van der Waals surface area contributed by atoms with Crippen molar-refractivity contribution in [1.29, 1.82) is 0 Å². The van der Waals surface area contributed by atoms with Crippen molar-refractivity contribution in [2.45, 2.75) is 31.7 Å². The lowest BCUT2D eigenvalue weighted by Gasteiger charge is -2.32. The summed E-state index contributed by atoms with van der Waals surface area (Å²) < 4.78 is 10.1. The first-order valence-corrected chi connectivity index (χ1v) is 6.73. The number of ether oxygens (including phenoxy) is 2. The summed E-state index contributed by atoms with van der Waals surface area (Å²) in [6.45, 7) is 2.33. The minimum absolute atomic E-state index is 0.0128. The maximum Gasteiger partial charge on any atom is 0.227 e. The van der Waals surface area contributed by atoms with Gasteiger partial charge in [0.2, 0.25) is 5.91 Å². The van der Waals surface area contributed by atoms with E-state index in [-0.39, 0.29) is 17.9 Å². The van der Waals surface area contributed by atoms with Gasteiger partial charge in [-0.15, -0.1) is 0 Å². The third kappa shape index (κ3) is 4.55. The molecule has 1 fully saturated rings. The fraction of sp³-hybridized carbons (Fsp3) is 0.923. The molecule has 1 saturated carbocycles. The third-order valence-corrected chi connectivity index (χ3v) is 3.58. The minimum atomic E-state index is -0.0209. The van der Waals surface area contributed by atoms with Crippen LogP contribution in [0, 0.1) is 5.92 Å². The fourth-order valence-corrected chi connectivity index (χ4v) is 2.44. The van der Waals surface area contributed by atoms with E-state index in [1.54, 1.807) is 14.2 Å². The predicted octanol–water partition coefficient (Wildman–Crippen LogP) is 0.625. The van der Waals surface area contributed by atoms with E-state index in [9.17, 15) is 4.79 Å². The Kier molecular flexibility index (Phi) is 7.23. The van der Waals surface area contributed by atoms with Gasteiger partial charge in [0.25, 0.3) is 0 Å². The van der Waals surface area contributed by atoms with E-state index in [4.69, 9.17) is 15.2 Å². The van der Waals surface area contributed by atoms with Gasteiger partial charge in [-0.2, -0.15) is 0 Å². The van der Waals surface area contributed by atoms with E-state index in [1.807, 2.05) is 4.90 Å². The highest BCUT2D eigenvalue weighted by Crippen LogP contribution is 2.24. The quantitative estimate of drug-likeness (QED) is 0.727. The Morgan fingerprint density at radius 3 is 2.22 bits per heavy atom. The lowest BCUT2D eigenvalue weighted by molar-refractivity contribution is -0.138. The van der Waals surface area contributed by atoms with Crippen molar-refractivity contribution >= 4 is 5.91 Å². The number of carbonyl (C=O) groups excluding carboxylic acids is 1. The molecule has 1 aliphatic rings. The molecule has 1 amide bonds. The van der Waals surface area contributed by atoms with Crippen LogP contribution in [0.25, 0.3) is 0 Å². The molecule has 2 atom stereocenters. The van der Waals surface area contributed by atoms with Crippen LogP contribution in [0.3, 0.4) is 0 Å². The summed E-state index contributed by atoms with van der Waals surface area (Å²) in [5.41, 5.74) is 6.07. The topological polar surface area (TPSA) is 64.8 Å². The molecule has 2 unspecified atom stereocenters. The summed E-state index contributed by atoms with van der Waals surface area (Å²) in [5, 5.41) is 0. The van der Waals surface area contributed by atoms with Gasteiger partial charge in [0.15, 0.2) is 0 Å². The van der Waals surface area contributed by atoms with E-state index >= 15 is 0 Å². The number of hydrogen-bond donors (Lipinski definition) is 1. The van der Waals surface area contributed by atoms with Gasteiger partial charge in [-0.25, -0.2) is 0 Å². The highest BCUT2D eigenvalue weighted by Gasteiger charge is 2.31. The molecule has 1 aliphatic carbocycles. The molecule has 0 radical (unpaired) electrons. The maximum atomic E-state index is 12.5. The van der Waals surface area contributed by atoms with Gasteiger partial charge in [-0.1, -0.05) is 12.8 Å². The number of methoxy groups -OCH3 is 2. The Bertz CT molecular complexity index is 240. The van der Waals surface area contributed by atoms with Gasteiger partial charge < -0.3 is 20.1 Å². The summed E-state index contributed by atoms with van der Waals surface area (Å²) in [7, 11) is 3.29. The molecule has 0 spiro atoms. The van der Waals surface area contributed by atoms with Gasteiger partial charge >= 0.3 is 0 Å². The largest absolute Gasteiger partial charge is 0.383 e. The van der Waals surface area contributed by atoms with Crippen LogP contribution >= 0.6 is 0 Å². The minimum Gasteiger partial charge on any atom is -0.383 e. The van der Waals surface area contributed by atoms with Crippen LogP contribution in [0.2, 0.25) is 0 Å². The molecule has 0 aromatic rings. The van der Waals surface area contributed by atoms with Gasteiger partial charge in [0.05, 0.1) is 19.1 Å².